The van der Waals surface area contributed by atoms with Crippen molar-refractivity contribution in [3.8, 4) is 5.82 Å². The first kappa shape index (κ1) is 22.6. The average Bonchev–Trinajstić information content (AvgIpc) is 3.57. The van der Waals surface area contributed by atoms with Crippen LogP contribution in [0.2, 0.25) is 0 Å². The van der Waals surface area contributed by atoms with Gasteiger partial charge in [0, 0.05) is 50.8 Å². The van der Waals surface area contributed by atoms with Crippen LogP contribution in [-0.2, 0) is 23.1 Å². The zero-order valence-corrected chi connectivity index (χ0v) is 19.6. The van der Waals surface area contributed by atoms with E-state index in [4.69, 9.17) is 0 Å². The van der Waals surface area contributed by atoms with Crippen LogP contribution in [0.15, 0.2) is 54.9 Å². The van der Waals surface area contributed by atoms with Crippen LogP contribution in [0.3, 0.4) is 0 Å². The Morgan fingerprint density at radius 1 is 1.11 bits per heavy atom. The zero-order valence-electron chi connectivity index (χ0n) is 19.6. The number of carbonyl (C=O) groups is 2. The van der Waals surface area contributed by atoms with E-state index in [1.165, 1.54) is 0 Å². The molecule has 0 spiro atoms. The molecule has 0 atom stereocenters. The van der Waals surface area contributed by atoms with E-state index < -0.39 is 0 Å². The molecule has 1 aliphatic heterocycles. The third kappa shape index (κ3) is 5.01. The number of aryl methyl sites for hydroxylation is 1. The molecule has 5 rings (SSSR count). The Morgan fingerprint density at radius 2 is 2.00 bits per heavy atom. The predicted octanol–water partition coefficient (Wildman–Crippen LogP) is 2.57. The van der Waals surface area contributed by atoms with E-state index in [1.54, 1.807) is 10.9 Å². The van der Waals surface area contributed by atoms with Crippen molar-refractivity contribution in [3.63, 3.8) is 0 Å². The Morgan fingerprint density at radius 3 is 2.74 bits per heavy atom. The highest BCUT2D eigenvalue weighted by atomic mass is 16.2. The molecule has 1 fully saturated rings. The number of benzene rings is 1. The molecule has 2 N–H and O–H groups in total. The topological polar surface area (TPSA) is 110 Å². The molecule has 3 aromatic heterocycles. The van der Waals surface area contributed by atoms with Crippen LogP contribution in [-0.4, -0.2) is 60.9 Å². The second-order valence-corrected chi connectivity index (χ2v) is 8.65. The number of likely N-dealkylation sites (tertiary alicyclic amines) is 1. The fourth-order valence-corrected chi connectivity index (χ4v) is 4.40. The van der Waals surface area contributed by atoms with Crippen molar-refractivity contribution in [2.75, 3.05) is 25.0 Å². The number of carbonyl (C=O) groups excluding carboxylic acids is 2. The minimum absolute atomic E-state index is 0.0394. The molecule has 1 aliphatic rings. The molecule has 0 bridgehead atoms. The molecule has 0 unspecified atom stereocenters. The van der Waals surface area contributed by atoms with Crippen molar-refractivity contribution in [2.45, 2.75) is 25.7 Å². The molecule has 2 amide bonds. The standard InChI is InChI=1S/C25H28N8O2/c1-31-22(11-13-27-31)28-21-9-10-23(30-29-21)33-17-18(19-6-2-3-7-20(19)33)16-24(34)26-12-5-15-32-14-4-8-25(32)35/h2-3,6-7,9-11,13,17H,4-5,8,12,14-16H2,1H3,(H,26,34)(H,28,29). The SMILES string of the molecule is Cn1nccc1Nc1ccc(-n2cc(CC(=O)NCCCN3CCCC3=O)c3ccccc32)nn1. The van der Waals surface area contributed by atoms with E-state index in [9.17, 15) is 9.59 Å². The summed E-state index contributed by atoms with van der Waals surface area (Å²) in [6, 6.07) is 13.6. The lowest BCUT2D eigenvalue weighted by atomic mass is 10.1. The van der Waals surface area contributed by atoms with E-state index in [1.807, 2.05) is 65.2 Å². The monoisotopic (exact) mass is 472 g/mol. The van der Waals surface area contributed by atoms with Crippen LogP contribution in [0.25, 0.3) is 16.7 Å². The second kappa shape index (κ2) is 9.96. The van der Waals surface area contributed by atoms with Crippen LogP contribution < -0.4 is 10.6 Å². The average molecular weight is 473 g/mol. The highest BCUT2D eigenvalue weighted by molar-refractivity contribution is 5.90. The molecule has 0 radical (unpaired) electrons. The van der Waals surface area contributed by atoms with E-state index in [-0.39, 0.29) is 18.2 Å². The van der Waals surface area contributed by atoms with Gasteiger partial charge in [-0.3, -0.25) is 18.8 Å². The summed E-state index contributed by atoms with van der Waals surface area (Å²) in [6.45, 7) is 2.08. The van der Waals surface area contributed by atoms with Crippen molar-refractivity contribution in [1.82, 2.24) is 34.8 Å². The van der Waals surface area contributed by atoms with Gasteiger partial charge in [0.1, 0.15) is 5.82 Å². The van der Waals surface area contributed by atoms with Gasteiger partial charge in [0.2, 0.25) is 11.8 Å². The quantitative estimate of drug-likeness (QED) is 0.362. The Balaban J connectivity index is 1.25. The third-order valence-corrected chi connectivity index (χ3v) is 6.22. The molecular formula is C25H28N8O2. The molecule has 35 heavy (non-hydrogen) atoms. The van der Waals surface area contributed by atoms with Gasteiger partial charge in [-0.2, -0.15) is 5.10 Å². The van der Waals surface area contributed by atoms with Gasteiger partial charge in [-0.25, -0.2) is 0 Å². The van der Waals surface area contributed by atoms with Crippen LogP contribution in [0.5, 0.6) is 0 Å². The van der Waals surface area contributed by atoms with Crippen LogP contribution in [0, 0.1) is 0 Å². The summed E-state index contributed by atoms with van der Waals surface area (Å²) in [7, 11) is 1.85. The van der Waals surface area contributed by atoms with E-state index in [0.29, 0.717) is 31.1 Å². The number of hydrogen-bond acceptors (Lipinski definition) is 6. The number of rotatable bonds is 9. The lowest BCUT2D eigenvalue weighted by molar-refractivity contribution is -0.127. The molecule has 4 aromatic rings. The number of nitrogens with one attached hydrogen (secondary N) is 2. The van der Waals surface area contributed by atoms with Gasteiger partial charge in [-0.1, -0.05) is 18.2 Å². The number of fused-ring (bicyclic) bond motifs is 1. The van der Waals surface area contributed by atoms with Crippen molar-refractivity contribution in [2.24, 2.45) is 7.05 Å². The fourth-order valence-electron chi connectivity index (χ4n) is 4.40. The normalized spacial score (nSPS) is 13.5. The first-order chi connectivity index (χ1) is 17.1. The Labute approximate surface area is 202 Å². The number of para-hydroxylation sites is 1. The molecule has 1 aromatic carbocycles. The maximum absolute atomic E-state index is 12.6. The van der Waals surface area contributed by atoms with Crippen LogP contribution in [0.1, 0.15) is 24.8 Å². The minimum Gasteiger partial charge on any atom is -0.356 e. The maximum Gasteiger partial charge on any atom is 0.224 e. The van der Waals surface area contributed by atoms with Gasteiger partial charge >= 0.3 is 0 Å². The van der Waals surface area contributed by atoms with Gasteiger partial charge in [-0.15, -0.1) is 10.2 Å². The van der Waals surface area contributed by atoms with Crippen molar-refractivity contribution in [3.05, 3.63) is 60.4 Å². The lowest BCUT2D eigenvalue weighted by Crippen LogP contribution is -2.31. The van der Waals surface area contributed by atoms with Gasteiger partial charge < -0.3 is 15.5 Å². The molecule has 10 heteroatoms. The van der Waals surface area contributed by atoms with Crippen molar-refractivity contribution in [1.29, 1.82) is 0 Å². The molecule has 10 nitrogen and oxygen atoms in total. The van der Waals surface area contributed by atoms with E-state index in [0.717, 1.165) is 41.7 Å². The molecule has 1 saturated heterocycles. The predicted molar refractivity (Wildman–Crippen MR) is 133 cm³/mol. The minimum atomic E-state index is -0.0394. The molecule has 180 valence electrons. The smallest absolute Gasteiger partial charge is 0.224 e. The Hall–Kier alpha value is -4.21. The molecular weight excluding hydrogens is 444 g/mol. The summed E-state index contributed by atoms with van der Waals surface area (Å²) in [5.41, 5.74) is 1.89. The molecule has 4 heterocycles. The Kier molecular flexibility index (Phi) is 6.42. The first-order valence-electron chi connectivity index (χ1n) is 11.8. The molecule has 0 saturated carbocycles. The summed E-state index contributed by atoms with van der Waals surface area (Å²) in [5, 5.41) is 20.0. The number of aromatic nitrogens is 5. The number of hydrogen-bond donors (Lipinski definition) is 2. The summed E-state index contributed by atoms with van der Waals surface area (Å²) in [5.74, 6) is 2.28. The zero-order chi connectivity index (χ0) is 24.2. The van der Waals surface area contributed by atoms with Crippen LogP contribution >= 0.6 is 0 Å². The number of amides is 2. The summed E-state index contributed by atoms with van der Waals surface area (Å²) < 4.78 is 3.68. The largest absolute Gasteiger partial charge is 0.356 e. The summed E-state index contributed by atoms with van der Waals surface area (Å²) >= 11 is 0. The van der Waals surface area contributed by atoms with Gasteiger partial charge in [0.25, 0.3) is 0 Å². The van der Waals surface area contributed by atoms with Gasteiger partial charge in [0.15, 0.2) is 11.6 Å². The van der Waals surface area contributed by atoms with Gasteiger partial charge in [0.05, 0.1) is 18.1 Å². The fraction of sp³-hybridized carbons (Fsp3) is 0.320. The first-order valence-corrected chi connectivity index (χ1v) is 11.8. The Bertz CT molecular complexity index is 1340. The van der Waals surface area contributed by atoms with E-state index >= 15 is 0 Å². The maximum atomic E-state index is 12.6. The van der Waals surface area contributed by atoms with Gasteiger partial charge in [-0.05, 0) is 36.6 Å². The van der Waals surface area contributed by atoms with Crippen molar-refractivity contribution < 1.29 is 9.59 Å². The highest BCUT2D eigenvalue weighted by Crippen LogP contribution is 2.25. The summed E-state index contributed by atoms with van der Waals surface area (Å²) in [4.78, 5) is 26.2. The number of anilines is 2. The third-order valence-electron chi connectivity index (χ3n) is 6.22. The van der Waals surface area contributed by atoms with E-state index in [2.05, 4.69) is 25.9 Å². The number of nitrogens with zero attached hydrogens (tertiary/aromatic N) is 6. The lowest BCUT2D eigenvalue weighted by Gasteiger charge is -2.15. The van der Waals surface area contributed by atoms with Crippen LogP contribution in [0.4, 0.5) is 11.6 Å². The van der Waals surface area contributed by atoms with Crippen molar-refractivity contribution >= 4 is 34.4 Å². The molecule has 0 aliphatic carbocycles. The summed E-state index contributed by atoms with van der Waals surface area (Å²) in [6.07, 6.45) is 6.26. The highest BCUT2D eigenvalue weighted by Gasteiger charge is 2.19. The second-order valence-electron chi connectivity index (χ2n) is 8.65.